The minimum absolute atomic E-state index is 0.249. The van der Waals surface area contributed by atoms with Gasteiger partial charge in [0.1, 0.15) is 0 Å². The molecule has 1 aromatic rings. The SMILES string of the molecule is Cc1cc(C(C)(C)C)ccc1C1CC(N)C1. The molecule has 1 aliphatic rings. The molecule has 1 nitrogen and oxygen atoms in total. The third-order valence-electron chi connectivity index (χ3n) is 3.75. The van der Waals surface area contributed by atoms with Crippen LogP contribution in [-0.2, 0) is 5.41 Å². The largest absolute Gasteiger partial charge is 0.328 e. The second kappa shape index (κ2) is 3.89. The molecule has 0 aromatic heterocycles. The van der Waals surface area contributed by atoms with E-state index >= 15 is 0 Å². The molecule has 1 fully saturated rings. The van der Waals surface area contributed by atoms with Gasteiger partial charge in [0.2, 0.25) is 0 Å². The van der Waals surface area contributed by atoms with E-state index in [-0.39, 0.29) is 5.41 Å². The van der Waals surface area contributed by atoms with Gasteiger partial charge in [-0.25, -0.2) is 0 Å². The van der Waals surface area contributed by atoms with Crippen LogP contribution in [0.3, 0.4) is 0 Å². The average Bonchev–Trinajstić information content (AvgIpc) is 2.12. The Bertz CT molecular complexity index is 381. The van der Waals surface area contributed by atoms with Crippen LogP contribution in [0, 0.1) is 6.92 Å². The van der Waals surface area contributed by atoms with Gasteiger partial charge < -0.3 is 5.73 Å². The molecule has 0 atom stereocenters. The van der Waals surface area contributed by atoms with Crippen molar-refractivity contribution in [1.82, 2.24) is 0 Å². The van der Waals surface area contributed by atoms with Crippen LogP contribution >= 0.6 is 0 Å². The lowest BCUT2D eigenvalue weighted by atomic mass is 9.74. The van der Waals surface area contributed by atoms with Gasteiger partial charge in [-0.15, -0.1) is 0 Å². The zero-order chi connectivity index (χ0) is 11.9. The van der Waals surface area contributed by atoms with Crippen molar-refractivity contribution in [3.8, 4) is 0 Å². The second-order valence-electron chi connectivity index (χ2n) is 6.25. The highest BCUT2D eigenvalue weighted by atomic mass is 14.7. The van der Waals surface area contributed by atoms with Gasteiger partial charge in [-0.05, 0) is 47.8 Å². The number of rotatable bonds is 1. The van der Waals surface area contributed by atoms with Gasteiger partial charge in [0, 0.05) is 6.04 Å². The third-order valence-corrected chi connectivity index (χ3v) is 3.75. The normalized spacial score (nSPS) is 25.3. The van der Waals surface area contributed by atoms with Crippen LogP contribution in [-0.4, -0.2) is 6.04 Å². The molecule has 1 aliphatic carbocycles. The zero-order valence-corrected chi connectivity index (χ0v) is 10.9. The maximum atomic E-state index is 5.86. The van der Waals surface area contributed by atoms with Gasteiger partial charge in [-0.2, -0.15) is 0 Å². The summed E-state index contributed by atoms with van der Waals surface area (Å²) in [5.74, 6) is 0.712. The Morgan fingerprint density at radius 3 is 2.25 bits per heavy atom. The Balaban J connectivity index is 2.24. The fraction of sp³-hybridized carbons (Fsp3) is 0.600. The summed E-state index contributed by atoms with van der Waals surface area (Å²) in [6.07, 6.45) is 2.32. The molecular weight excluding hydrogens is 194 g/mol. The van der Waals surface area contributed by atoms with Gasteiger partial charge in [0.15, 0.2) is 0 Å². The van der Waals surface area contributed by atoms with E-state index in [9.17, 15) is 0 Å². The van der Waals surface area contributed by atoms with Crippen molar-refractivity contribution in [2.75, 3.05) is 0 Å². The van der Waals surface area contributed by atoms with Crippen LogP contribution in [0.4, 0.5) is 0 Å². The first-order chi connectivity index (χ1) is 7.38. The van der Waals surface area contributed by atoms with Crippen LogP contribution in [0.25, 0.3) is 0 Å². The highest BCUT2D eigenvalue weighted by Crippen LogP contribution is 2.38. The molecule has 1 aromatic carbocycles. The van der Waals surface area contributed by atoms with Crippen molar-refractivity contribution < 1.29 is 0 Å². The molecule has 2 rings (SSSR count). The Morgan fingerprint density at radius 1 is 1.19 bits per heavy atom. The predicted octanol–water partition coefficient (Wildman–Crippen LogP) is 3.50. The van der Waals surface area contributed by atoms with Gasteiger partial charge in [-0.1, -0.05) is 39.0 Å². The van der Waals surface area contributed by atoms with Crippen LogP contribution < -0.4 is 5.73 Å². The van der Waals surface area contributed by atoms with E-state index in [0.717, 1.165) is 12.8 Å². The van der Waals surface area contributed by atoms with Crippen molar-refractivity contribution in [3.05, 3.63) is 34.9 Å². The van der Waals surface area contributed by atoms with Gasteiger partial charge in [0.25, 0.3) is 0 Å². The number of nitrogens with two attached hydrogens (primary N) is 1. The number of hydrogen-bond donors (Lipinski definition) is 1. The number of hydrogen-bond acceptors (Lipinski definition) is 1. The molecule has 0 saturated heterocycles. The van der Waals surface area contributed by atoms with Crippen LogP contribution in [0.2, 0.25) is 0 Å². The maximum absolute atomic E-state index is 5.86. The molecule has 0 spiro atoms. The van der Waals surface area contributed by atoms with Gasteiger partial charge >= 0.3 is 0 Å². The highest BCUT2D eigenvalue weighted by molar-refractivity contribution is 5.37. The fourth-order valence-electron chi connectivity index (χ4n) is 2.52. The summed E-state index contributed by atoms with van der Waals surface area (Å²) in [7, 11) is 0. The van der Waals surface area contributed by atoms with Crippen molar-refractivity contribution in [2.45, 2.75) is 57.9 Å². The first-order valence-corrected chi connectivity index (χ1v) is 6.24. The number of aryl methyl sites for hydroxylation is 1. The van der Waals surface area contributed by atoms with Crippen molar-refractivity contribution >= 4 is 0 Å². The first kappa shape index (κ1) is 11.7. The summed E-state index contributed by atoms with van der Waals surface area (Å²) in [5.41, 5.74) is 10.5. The molecule has 0 aliphatic heterocycles. The first-order valence-electron chi connectivity index (χ1n) is 6.24. The molecule has 1 saturated carbocycles. The fourth-order valence-corrected chi connectivity index (χ4v) is 2.52. The van der Waals surface area contributed by atoms with E-state index in [1.165, 1.54) is 16.7 Å². The average molecular weight is 217 g/mol. The van der Waals surface area contributed by atoms with Gasteiger partial charge in [0.05, 0.1) is 0 Å². The molecular formula is C15H23N. The quantitative estimate of drug-likeness (QED) is 0.765. The Hall–Kier alpha value is -0.820. The molecule has 0 unspecified atom stereocenters. The monoisotopic (exact) mass is 217 g/mol. The van der Waals surface area contributed by atoms with Crippen LogP contribution in [0.15, 0.2) is 18.2 Å². The lowest BCUT2D eigenvalue weighted by Gasteiger charge is -2.34. The smallest absolute Gasteiger partial charge is 0.00504 e. The molecule has 88 valence electrons. The topological polar surface area (TPSA) is 26.0 Å². The number of benzene rings is 1. The van der Waals surface area contributed by atoms with Crippen molar-refractivity contribution in [3.63, 3.8) is 0 Å². The minimum Gasteiger partial charge on any atom is -0.328 e. The molecule has 0 heterocycles. The molecule has 2 N–H and O–H groups in total. The summed E-state index contributed by atoms with van der Waals surface area (Å²) in [4.78, 5) is 0. The molecule has 0 bridgehead atoms. The van der Waals surface area contributed by atoms with E-state index < -0.39 is 0 Å². The van der Waals surface area contributed by atoms with Crippen molar-refractivity contribution in [1.29, 1.82) is 0 Å². The lowest BCUT2D eigenvalue weighted by molar-refractivity contribution is 0.350. The Morgan fingerprint density at radius 2 is 1.81 bits per heavy atom. The zero-order valence-electron chi connectivity index (χ0n) is 10.9. The Kier molecular flexibility index (Phi) is 2.83. The summed E-state index contributed by atoms with van der Waals surface area (Å²) in [6, 6.07) is 7.38. The molecule has 1 heteroatoms. The van der Waals surface area contributed by atoms with Gasteiger partial charge in [-0.3, -0.25) is 0 Å². The third kappa shape index (κ3) is 2.15. The van der Waals surface area contributed by atoms with E-state index in [4.69, 9.17) is 5.73 Å². The van der Waals surface area contributed by atoms with Crippen LogP contribution in [0.1, 0.15) is 56.2 Å². The summed E-state index contributed by atoms with van der Waals surface area (Å²) < 4.78 is 0. The summed E-state index contributed by atoms with van der Waals surface area (Å²) in [5, 5.41) is 0. The summed E-state index contributed by atoms with van der Waals surface area (Å²) in [6.45, 7) is 9.02. The molecule has 16 heavy (non-hydrogen) atoms. The lowest BCUT2D eigenvalue weighted by Crippen LogP contribution is -2.35. The van der Waals surface area contributed by atoms with E-state index in [0.29, 0.717) is 12.0 Å². The van der Waals surface area contributed by atoms with Crippen molar-refractivity contribution in [2.24, 2.45) is 5.73 Å². The highest BCUT2D eigenvalue weighted by Gasteiger charge is 2.28. The van der Waals surface area contributed by atoms with E-state index in [2.05, 4.69) is 45.9 Å². The minimum atomic E-state index is 0.249. The maximum Gasteiger partial charge on any atom is 0.00504 e. The predicted molar refractivity (Wildman–Crippen MR) is 69.8 cm³/mol. The van der Waals surface area contributed by atoms with E-state index in [1.54, 1.807) is 0 Å². The Labute approximate surface area is 99.0 Å². The molecule has 0 radical (unpaired) electrons. The summed E-state index contributed by atoms with van der Waals surface area (Å²) >= 11 is 0. The van der Waals surface area contributed by atoms with E-state index in [1.807, 2.05) is 0 Å². The standard InChI is InChI=1S/C15H23N/c1-10-7-12(15(2,3)4)5-6-14(10)11-8-13(16)9-11/h5-7,11,13H,8-9,16H2,1-4H3. The van der Waals surface area contributed by atoms with Crippen LogP contribution in [0.5, 0.6) is 0 Å². The second-order valence-corrected chi connectivity index (χ2v) is 6.25. The molecule has 0 amide bonds.